The van der Waals surface area contributed by atoms with Crippen molar-refractivity contribution < 1.29 is 4.74 Å². The van der Waals surface area contributed by atoms with Crippen LogP contribution in [0.2, 0.25) is 0 Å². The molecular weight excluding hydrogens is 242 g/mol. The van der Waals surface area contributed by atoms with E-state index >= 15 is 0 Å². The second kappa shape index (κ2) is 5.34. The van der Waals surface area contributed by atoms with Gasteiger partial charge in [-0.1, -0.05) is 6.92 Å². The van der Waals surface area contributed by atoms with Gasteiger partial charge < -0.3 is 4.74 Å². The third-order valence-electron chi connectivity index (χ3n) is 3.52. The Morgan fingerprint density at radius 2 is 2.00 bits per heavy atom. The van der Waals surface area contributed by atoms with Gasteiger partial charge in [-0.25, -0.2) is 19.6 Å². The molecule has 0 spiro atoms. The second-order valence-corrected chi connectivity index (χ2v) is 5.05. The molecule has 0 bridgehead atoms. The molecule has 19 heavy (non-hydrogen) atoms. The molecule has 0 unspecified atom stereocenters. The summed E-state index contributed by atoms with van der Waals surface area (Å²) in [4.78, 5) is 12.4. The van der Waals surface area contributed by atoms with Crippen molar-refractivity contribution >= 4 is 0 Å². The van der Waals surface area contributed by atoms with Gasteiger partial charge in [-0.2, -0.15) is 5.10 Å². The zero-order chi connectivity index (χ0) is 13.1. The molecule has 2 aromatic heterocycles. The van der Waals surface area contributed by atoms with Crippen LogP contribution in [0.4, 0.5) is 0 Å². The Balaban J connectivity index is 1.63. The monoisotopic (exact) mass is 259 g/mol. The number of hydrogen-bond donors (Lipinski definition) is 0. The van der Waals surface area contributed by atoms with Crippen LogP contribution in [0, 0.1) is 5.92 Å². The van der Waals surface area contributed by atoms with Crippen LogP contribution >= 0.6 is 0 Å². The highest BCUT2D eigenvalue weighted by atomic mass is 16.5. The molecule has 0 amide bonds. The van der Waals surface area contributed by atoms with Gasteiger partial charge >= 0.3 is 0 Å². The van der Waals surface area contributed by atoms with Gasteiger partial charge in [0.25, 0.3) is 0 Å². The maximum absolute atomic E-state index is 5.86. The minimum Gasteiger partial charge on any atom is -0.473 e. The quantitative estimate of drug-likeness (QED) is 0.843. The van der Waals surface area contributed by atoms with Gasteiger partial charge in [0.15, 0.2) is 5.82 Å². The minimum atomic E-state index is 0.280. The van der Waals surface area contributed by atoms with Crippen molar-refractivity contribution in [1.82, 2.24) is 24.7 Å². The highest BCUT2D eigenvalue weighted by Crippen LogP contribution is 2.26. The van der Waals surface area contributed by atoms with E-state index in [1.54, 1.807) is 23.4 Å². The molecule has 0 aliphatic heterocycles. The topological polar surface area (TPSA) is 65.7 Å². The summed E-state index contributed by atoms with van der Waals surface area (Å²) >= 11 is 0. The second-order valence-electron chi connectivity index (χ2n) is 5.05. The largest absolute Gasteiger partial charge is 0.473 e. The molecule has 3 rings (SSSR count). The van der Waals surface area contributed by atoms with Crippen molar-refractivity contribution in [3.8, 4) is 11.7 Å². The van der Waals surface area contributed by atoms with Crippen molar-refractivity contribution in [2.75, 3.05) is 0 Å². The van der Waals surface area contributed by atoms with Gasteiger partial charge in [0.2, 0.25) is 5.88 Å². The smallest absolute Gasteiger partial charge is 0.232 e. The number of aromatic nitrogens is 5. The highest BCUT2D eigenvalue weighted by molar-refractivity contribution is 5.18. The molecule has 6 nitrogen and oxygen atoms in total. The molecule has 2 heterocycles. The van der Waals surface area contributed by atoms with Crippen LogP contribution in [0.3, 0.4) is 0 Å². The molecule has 1 aliphatic rings. The summed E-state index contributed by atoms with van der Waals surface area (Å²) in [6.45, 7) is 2.29. The zero-order valence-corrected chi connectivity index (χ0v) is 10.9. The van der Waals surface area contributed by atoms with E-state index in [0.717, 1.165) is 18.8 Å². The molecule has 0 radical (unpaired) electrons. The van der Waals surface area contributed by atoms with Crippen LogP contribution in [0.1, 0.15) is 32.6 Å². The molecule has 0 N–H and O–H groups in total. The Kier molecular flexibility index (Phi) is 3.39. The number of nitrogens with zero attached hydrogens (tertiary/aromatic N) is 5. The predicted molar refractivity (Wildman–Crippen MR) is 69.0 cm³/mol. The Labute approximate surface area is 111 Å². The highest BCUT2D eigenvalue weighted by Gasteiger charge is 2.19. The maximum Gasteiger partial charge on any atom is 0.232 e. The summed E-state index contributed by atoms with van der Waals surface area (Å²) in [5.74, 6) is 2.05. The molecule has 100 valence electrons. The van der Waals surface area contributed by atoms with Crippen molar-refractivity contribution in [1.29, 1.82) is 0 Å². The lowest BCUT2D eigenvalue weighted by atomic mass is 9.89. The normalized spacial score (nSPS) is 23.2. The summed E-state index contributed by atoms with van der Waals surface area (Å²) in [7, 11) is 0. The van der Waals surface area contributed by atoms with Gasteiger partial charge in [0, 0.05) is 0 Å². The molecule has 1 fully saturated rings. The van der Waals surface area contributed by atoms with Crippen LogP contribution in [0.5, 0.6) is 5.88 Å². The first-order valence-electron chi connectivity index (χ1n) is 6.65. The van der Waals surface area contributed by atoms with Crippen molar-refractivity contribution in [3.05, 3.63) is 25.0 Å². The number of ether oxygens (including phenoxy) is 1. The van der Waals surface area contributed by atoms with E-state index in [1.165, 1.54) is 19.2 Å². The van der Waals surface area contributed by atoms with E-state index in [1.807, 2.05) is 0 Å². The maximum atomic E-state index is 5.86. The van der Waals surface area contributed by atoms with E-state index in [0.29, 0.717) is 11.7 Å². The van der Waals surface area contributed by atoms with E-state index in [2.05, 4.69) is 27.0 Å². The number of hydrogen-bond acceptors (Lipinski definition) is 5. The van der Waals surface area contributed by atoms with Crippen LogP contribution in [-0.2, 0) is 0 Å². The average Bonchev–Trinajstić information content (AvgIpc) is 2.96. The lowest BCUT2D eigenvalue weighted by Gasteiger charge is -2.26. The molecular formula is C13H17N5O. The van der Waals surface area contributed by atoms with E-state index in [4.69, 9.17) is 4.74 Å². The first-order valence-corrected chi connectivity index (χ1v) is 6.65. The molecule has 0 saturated heterocycles. The lowest BCUT2D eigenvalue weighted by Crippen LogP contribution is -2.23. The van der Waals surface area contributed by atoms with Crippen LogP contribution in [0.15, 0.2) is 25.0 Å². The summed E-state index contributed by atoms with van der Waals surface area (Å²) < 4.78 is 7.43. The van der Waals surface area contributed by atoms with Gasteiger partial charge in [0.05, 0.1) is 12.4 Å². The third-order valence-corrected chi connectivity index (χ3v) is 3.52. The fourth-order valence-corrected chi connectivity index (χ4v) is 2.33. The summed E-state index contributed by atoms with van der Waals surface area (Å²) in [5, 5.41) is 4.00. The predicted octanol–water partition coefficient (Wildman–Crippen LogP) is 2.01. The molecule has 1 saturated carbocycles. The molecule has 1 aliphatic carbocycles. The van der Waals surface area contributed by atoms with E-state index < -0.39 is 0 Å². The Morgan fingerprint density at radius 1 is 1.16 bits per heavy atom. The fourth-order valence-electron chi connectivity index (χ4n) is 2.33. The first-order chi connectivity index (χ1) is 9.31. The standard InChI is InChI=1S/C13H17N5O/c1-10-2-4-11(5-3-10)19-13-7-15-12(6-16-13)18-9-14-8-17-18/h6-11H,2-5H2,1H3. The zero-order valence-electron chi connectivity index (χ0n) is 10.9. The van der Waals surface area contributed by atoms with Gasteiger partial charge in [-0.3, -0.25) is 0 Å². The molecule has 0 atom stereocenters. The molecule has 0 aromatic carbocycles. The number of rotatable bonds is 3. The van der Waals surface area contributed by atoms with Crippen molar-refractivity contribution in [2.24, 2.45) is 5.92 Å². The first kappa shape index (κ1) is 12.1. The average molecular weight is 259 g/mol. The van der Waals surface area contributed by atoms with Crippen LogP contribution in [-0.4, -0.2) is 30.8 Å². The third kappa shape index (κ3) is 2.89. The minimum absolute atomic E-state index is 0.280. The Bertz CT molecular complexity index is 502. The van der Waals surface area contributed by atoms with Crippen molar-refractivity contribution in [2.45, 2.75) is 38.7 Å². The molecule has 6 heteroatoms. The van der Waals surface area contributed by atoms with Gasteiger partial charge in [-0.05, 0) is 31.6 Å². The SMILES string of the molecule is CC1CCC(Oc2cnc(-n3cncn3)cn2)CC1. The van der Waals surface area contributed by atoms with Crippen LogP contribution in [0.25, 0.3) is 5.82 Å². The van der Waals surface area contributed by atoms with Crippen LogP contribution < -0.4 is 4.74 Å². The molecule has 2 aromatic rings. The Morgan fingerprint density at radius 3 is 2.63 bits per heavy atom. The summed E-state index contributed by atoms with van der Waals surface area (Å²) in [6, 6.07) is 0. The summed E-state index contributed by atoms with van der Waals surface area (Å²) in [5.41, 5.74) is 0. The van der Waals surface area contributed by atoms with E-state index in [9.17, 15) is 0 Å². The lowest BCUT2D eigenvalue weighted by molar-refractivity contribution is 0.129. The fraction of sp³-hybridized carbons (Fsp3) is 0.538. The van der Waals surface area contributed by atoms with Gasteiger partial charge in [-0.15, -0.1) is 0 Å². The van der Waals surface area contributed by atoms with Gasteiger partial charge in [0.1, 0.15) is 18.8 Å². The summed E-state index contributed by atoms with van der Waals surface area (Å²) in [6.07, 6.45) is 11.3. The van der Waals surface area contributed by atoms with Crippen molar-refractivity contribution in [3.63, 3.8) is 0 Å². The van der Waals surface area contributed by atoms with E-state index in [-0.39, 0.29) is 6.10 Å². The Hall–Kier alpha value is -1.98.